The Morgan fingerprint density at radius 1 is 0.571 bits per heavy atom. The summed E-state index contributed by atoms with van der Waals surface area (Å²) in [5.41, 5.74) is 8.18. The summed E-state index contributed by atoms with van der Waals surface area (Å²) in [6.07, 6.45) is 7.18. The van der Waals surface area contributed by atoms with Crippen molar-refractivity contribution in [2.45, 2.75) is 59.3 Å². The van der Waals surface area contributed by atoms with Crippen molar-refractivity contribution in [1.29, 1.82) is 0 Å². The highest BCUT2D eigenvalue weighted by Gasteiger charge is 2.07. The van der Waals surface area contributed by atoms with Crippen molar-refractivity contribution in [2.75, 3.05) is 0 Å². The highest BCUT2D eigenvalue weighted by Crippen LogP contribution is 2.25. The molecule has 0 aliphatic carbocycles. The van der Waals surface area contributed by atoms with E-state index in [0.717, 1.165) is 46.0 Å². The predicted octanol–water partition coefficient (Wildman–Crippen LogP) is 8.63. The molecule has 0 aliphatic rings. The van der Waals surface area contributed by atoms with Crippen LogP contribution in [0.15, 0.2) is 78.9 Å². The molecule has 0 aliphatic heterocycles. The molecule has 35 heavy (non-hydrogen) atoms. The van der Waals surface area contributed by atoms with Crippen molar-refractivity contribution in [3.63, 3.8) is 0 Å². The molecular formula is C35H34. The van der Waals surface area contributed by atoms with Gasteiger partial charge in [-0.15, -0.1) is 0 Å². The summed E-state index contributed by atoms with van der Waals surface area (Å²) < 4.78 is 0. The Morgan fingerprint density at radius 2 is 1.09 bits per heavy atom. The SMILES string of the molecule is CCCCc1ccc(C#Cc2cc(C)c(C#Cc3ccc(CCCC)cc3)c3ccccc23)cc1. The van der Waals surface area contributed by atoms with Gasteiger partial charge in [0, 0.05) is 22.3 Å². The molecule has 0 heteroatoms. The molecule has 0 saturated heterocycles. The Morgan fingerprint density at radius 3 is 1.63 bits per heavy atom. The van der Waals surface area contributed by atoms with Gasteiger partial charge in [-0.05, 0) is 90.4 Å². The topological polar surface area (TPSA) is 0 Å². The summed E-state index contributed by atoms with van der Waals surface area (Å²) in [6, 6.07) is 28.1. The summed E-state index contributed by atoms with van der Waals surface area (Å²) in [5, 5.41) is 2.32. The van der Waals surface area contributed by atoms with Gasteiger partial charge < -0.3 is 0 Å². The fourth-order valence-electron chi connectivity index (χ4n) is 4.33. The molecule has 0 N–H and O–H groups in total. The van der Waals surface area contributed by atoms with Gasteiger partial charge in [0.05, 0.1) is 0 Å². The zero-order valence-electron chi connectivity index (χ0n) is 21.2. The molecule has 4 rings (SSSR count). The first-order valence-electron chi connectivity index (χ1n) is 12.9. The van der Waals surface area contributed by atoms with Crippen LogP contribution in [0.3, 0.4) is 0 Å². The maximum absolute atomic E-state index is 3.46. The fraction of sp³-hybridized carbons (Fsp3) is 0.257. The third-order valence-corrected chi connectivity index (χ3v) is 6.46. The first kappa shape index (κ1) is 24.4. The van der Waals surface area contributed by atoms with Crippen LogP contribution in [-0.2, 0) is 12.8 Å². The number of benzene rings is 4. The lowest BCUT2D eigenvalue weighted by atomic mass is 9.95. The highest BCUT2D eigenvalue weighted by atomic mass is 14.1. The van der Waals surface area contributed by atoms with Gasteiger partial charge in [0.15, 0.2) is 0 Å². The van der Waals surface area contributed by atoms with E-state index in [-0.39, 0.29) is 0 Å². The summed E-state index contributed by atoms with van der Waals surface area (Å²) in [6.45, 7) is 6.60. The average molecular weight is 455 g/mol. The van der Waals surface area contributed by atoms with Crippen molar-refractivity contribution in [3.8, 4) is 23.7 Å². The maximum atomic E-state index is 3.46. The first-order valence-corrected chi connectivity index (χ1v) is 12.9. The van der Waals surface area contributed by atoms with E-state index in [1.807, 2.05) is 0 Å². The zero-order valence-corrected chi connectivity index (χ0v) is 21.2. The number of hydrogen-bond donors (Lipinski definition) is 0. The number of fused-ring (bicyclic) bond motifs is 1. The molecule has 0 nitrogen and oxygen atoms in total. The van der Waals surface area contributed by atoms with Gasteiger partial charge in [-0.3, -0.25) is 0 Å². The largest absolute Gasteiger partial charge is 0.0654 e. The van der Waals surface area contributed by atoms with E-state index in [4.69, 9.17) is 0 Å². The second-order valence-corrected chi connectivity index (χ2v) is 9.26. The van der Waals surface area contributed by atoms with Gasteiger partial charge >= 0.3 is 0 Å². The number of aryl methyl sites for hydroxylation is 3. The monoisotopic (exact) mass is 454 g/mol. The van der Waals surface area contributed by atoms with Crippen molar-refractivity contribution in [1.82, 2.24) is 0 Å². The summed E-state index contributed by atoms with van der Waals surface area (Å²) >= 11 is 0. The third kappa shape index (κ3) is 6.44. The van der Waals surface area contributed by atoms with Crippen LogP contribution >= 0.6 is 0 Å². The van der Waals surface area contributed by atoms with Crippen LogP contribution < -0.4 is 0 Å². The van der Waals surface area contributed by atoms with Gasteiger partial charge in [-0.25, -0.2) is 0 Å². The Labute approximate surface area is 211 Å². The van der Waals surface area contributed by atoms with Crippen LogP contribution in [0.4, 0.5) is 0 Å². The van der Waals surface area contributed by atoms with Crippen molar-refractivity contribution in [3.05, 3.63) is 118 Å². The molecule has 0 spiro atoms. The van der Waals surface area contributed by atoms with Gasteiger partial charge in [0.2, 0.25) is 0 Å². The van der Waals surface area contributed by atoms with Gasteiger partial charge in [0.25, 0.3) is 0 Å². The minimum Gasteiger partial charge on any atom is -0.0654 e. The molecule has 0 bridgehead atoms. The molecule has 0 unspecified atom stereocenters. The lowest BCUT2D eigenvalue weighted by Crippen LogP contribution is -1.91. The first-order chi connectivity index (χ1) is 17.2. The Balaban J connectivity index is 1.62. The quantitative estimate of drug-likeness (QED) is 0.256. The summed E-state index contributed by atoms with van der Waals surface area (Å²) in [5.74, 6) is 13.7. The van der Waals surface area contributed by atoms with Crippen LogP contribution in [0.2, 0.25) is 0 Å². The van der Waals surface area contributed by atoms with E-state index in [1.165, 1.54) is 42.2 Å². The Kier molecular flexibility index (Phi) is 8.44. The van der Waals surface area contributed by atoms with Crippen molar-refractivity contribution < 1.29 is 0 Å². The van der Waals surface area contributed by atoms with E-state index in [9.17, 15) is 0 Å². The van der Waals surface area contributed by atoms with Gasteiger partial charge in [0.1, 0.15) is 0 Å². The van der Waals surface area contributed by atoms with E-state index in [0.29, 0.717) is 0 Å². The second-order valence-electron chi connectivity index (χ2n) is 9.26. The third-order valence-electron chi connectivity index (χ3n) is 6.46. The number of unbranched alkanes of at least 4 members (excludes halogenated alkanes) is 2. The van der Waals surface area contributed by atoms with Gasteiger partial charge in [-0.1, -0.05) is 98.9 Å². The smallest absolute Gasteiger partial charge is 0.0357 e. The molecule has 0 radical (unpaired) electrons. The van der Waals surface area contributed by atoms with Crippen molar-refractivity contribution >= 4 is 10.8 Å². The second kappa shape index (κ2) is 12.1. The number of hydrogen-bond acceptors (Lipinski definition) is 0. The van der Waals surface area contributed by atoms with E-state index >= 15 is 0 Å². The van der Waals surface area contributed by atoms with E-state index in [1.54, 1.807) is 0 Å². The lowest BCUT2D eigenvalue weighted by Gasteiger charge is -2.08. The summed E-state index contributed by atoms with van der Waals surface area (Å²) in [4.78, 5) is 0. The molecule has 174 valence electrons. The average Bonchev–Trinajstić information content (AvgIpc) is 2.90. The molecule has 0 heterocycles. The summed E-state index contributed by atoms with van der Waals surface area (Å²) in [7, 11) is 0. The standard InChI is InChI=1S/C35H34/c1-4-6-10-28-14-18-30(19-15-28)22-24-32-26-27(3)33(35-13-9-8-12-34(32)35)25-23-31-20-16-29(17-21-31)11-7-5-2/h8-9,12-21,26H,4-7,10-11H2,1-3H3. The molecule has 0 atom stereocenters. The number of rotatable bonds is 6. The van der Waals surface area contributed by atoms with Crippen LogP contribution in [0, 0.1) is 30.6 Å². The van der Waals surface area contributed by atoms with Crippen LogP contribution in [0.5, 0.6) is 0 Å². The van der Waals surface area contributed by atoms with E-state index in [2.05, 4.69) is 123 Å². The molecule has 0 saturated carbocycles. The zero-order chi connectivity index (χ0) is 24.5. The molecule has 0 aromatic heterocycles. The molecular weight excluding hydrogens is 420 g/mol. The van der Waals surface area contributed by atoms with Crippen molar-refractivity contribution in [2.24, 2.45) is 0 Å². The molecule has 0 amide bonds. The molecule has 4 aromatic carbocycles. The van der Waals surface area contributed by atoms with Gasteiger partial charge in [-0.2, -0.15) is 0 Å². The fourth-order valence-corrected chi connectivity index (χ4v) is 4.33. The predicted molar refractivity (Wildman–Crippen MR) is 151 cm³/mol. The van der Waals surface area contributed by atoms with Crippen LogP contribution in [0.1, 0.15) is 78.5 Å². The lowest BCUT2D eigenvalue weighted by molar-refractivity contribution is 0.795. The Hall–Kier alpha value is -3.74. The molecule has 0 fully saturated rings. The van der Waals surface area contributed by atoms with Crippen LogP contribution in [-0.4, -0.2) is 0 Å². The van der Waals surface area contributed by atoms with E-state index < -0.39 is 0 Å². The Bertz CT molecular complexity index is 1400. The highest BCUT2D eigenvalue weighted by molar-refractivity contribution is 5.94. The minimum atomic E-state index is 1.05. The normalized spacial score (nSPS) is 10.4. The molecule has 4 aromatic rings. The minimum absolute atomic E-state index is 1.05. The maximum Gasteiger partial charge on any atom is 0.0357 e. The van der Waals surface area contributed by atoms with Crippen LogP contribution in [0.25, 0.3) is 10.8 Å².